The van der Waals surface area contributed by atoms with Crippen molar-refractivity contribution in [3.63, 3.8) is 0 Å². The van der Waals surface area contributed by atoms with Gasteiger partial charge in [0.1, 0.15) is 12.4 Å². The molecule has 0 aliphatic carbocycles. The molecule has 3 heterocycles. The Hall–Kier alpha value is -3.90. The zero-order valence-electron chi connectivity index (χ0n) is 19.0. The molecular weight excluding hydrogens is 442 g/mol. The van der Waals surface area contributed by atoms with Crippen LogP contribution >= 0.6 is 11.3 Å². The lowest BCUT2D eigenvalue weighted by atomic mass is 10.1. The fraction of sp³-hybridized carbons (Fsp3) is 0.143. The van der Waals surface area contributed by atoms with Gasteiger partial charge in [0.15, 0.2) is 4.96 Å². The molecule has 0 fully saturated rings. The van der Waals surface area contributed by atoms with Crippen LogP contribution in [0.15, 0.2) is 77.6 Å². The second kappa shape index (κ2) is 8.15. The number of para-hydroxylation sites is 3. The Kier molecular flexibility index (Phi) is 4.96. The molecular formula is C28H23N3O2S. The standard InChI is InChI=1S/C28H23N3O2S/c1-18-8-7-9-20(16-18)33-15-14-30-19(2)22(21-10-3-5-12-24(21)30)17-26-27(32)31-25-13-6-4-11-23(25)29-28(31)34-26/h3-13,16-17H,14-15H2,1-2H3/b26-17-. The maximum atomic E-state index is 13.3. The van der Waals surface area contributed by atoms with Crippen molar-refractivity contribution in [2.45, 2.75) is 20.4 Å². The van der Waals surface area contributed by atoms with E-state index in [9.17, 15) is 4.79 Å². The molecule has 0 aliphatic rings. The average molecular weight is 466 g/mol. The summed E-state index contributed by atoms with van der Waals surface area (Å²) in [7, 11) is 0. The van der Waals surface area contributed by atoms with Gasteiger partial charge < -0.3 is 9.30 Å². The third kappa shape index (κ3) is 3.38. The van der Waals surface area contributed by atoms with Crippen molar-refractivity contribution in [1.82, 2.24) is 14.0 Å². The topological polar surface area (TPSA) is 48.5 Å². The Morgan fingerprint density at radius 1 is 0.971 bits per heavy atom. The van der Waals surface area contributed by atoms with Gasteiger partial charge in [0, 0.05) is 22.2 Å². The van der Waals surface area contributed by atoms with Crippen LogP contribution in [0.2, 0.25) is 0 Å². The first-order valence-corrected chi connectivity index (χ1v) is 12.1. The fourth-order valence-corrected chi connectivity index (χ4v) is 5.60. The second-order valence-electron chi connectivity index (χ2n) is 8.47. The number of aryl methyl sites for hydroxylation is 1. The molecule has 0 amide bonds. The number of fused-ring (bicyclic) bond motifs is 4. The molecule has 3 aromatic heterocycles. The van der Waals surface area contributed by atoms with E-state index in [1.165, 1.54) is 16.9 Å². The number of aromatic nitrogens is 3. The van der Waals surface area contributed by atoms with Crippen molar-refractivity contribution in [2.75, 3.05) is 6.61 Å². The van der Waals surface area contributed by atoms with Gasteiger partial charge in [0.05, 0.1) is 22.1 Å². The highest BCUT2D eigenvalue weighted by Crippen LogP contribution is 2.27. The average Bonchev–Trinajstić information content (AvgIpc) is 3.44. The minimum atomic E-state index is -0.0206. The van der Waals surface area contributed by atoms with Crippen LogP contribution in [0.25, 0.3) is 33.0 Å². The minimum absolute atomic E-state index is 0.0206. The van der Waals surface area contributed by atoms with Crippen LogP contribution in [0.5, 0.6) is 5.75 Å². The molecule has 168 valence electrons. The summed E-state index contributed by atoms with van der Waals surface area (Å²) in [6.07, 6.45) is 2.02. The summed E-state index contributed by atoms with van der Waals surface area (Å²) in [5.41, 5.74) is 6.18. The summed E-state index contributed by atoms with van der Waals surface area (Å²) in [5.74, 6) is 0.881. The van der Waals surface area contributed by atoms with Crippen LogP contribution in [0.1, 0.15) is 16.8 Å². The predicted molar refractivity (Wildman–Crippen MR) is 139 cm³/mol. The maximum Gasteiger partial charge on any atom is 0.274 e. The second-order valence-corrected chi connectivity index (χ2v) is 9.48. The van der Waals surface area contributed by atoms with Gasteiger partial charge in [-0.3, -0.25) is 4.79 Å². The van der Waals surface area contributed by atoms with Gasteiger partial charge in [0.2, 0.25) is 0 Å². The van der Waals surface area contributed by atoms with E-state index in [1.54, 1.807) is 4.40 Å². The quantitative estimate of drug-likeness (QED) is 0.356. The predicted octanol–water partition coefficient (Wildman–Crippen LogP) is 5.11. The first-order chi connectivity index (χ1) is 16.6. The molecule has 5 nitrogen and oxygen atoms in total. The van der Waals surface area contributed by atoms with Crippen molar-refractivity contribution in [3.8, 4) is 5.75 Å². The third-order valence-corrected chi connectivity index (χ3v) is 7.24. The molecule has 0 N–H and O–H groups in total. The summed E-state index contributed by atoms with van der Waals surface area (Å²) in [6, 6.07) is 24.2. The SMILES string of the molecule is Cc1cccc(OCCn2c(C)c(/C=c3\sc4nc5ccccc5n4c3=O)c3ccccc32)c1. The molecule has 6 aromatic rings. The summed E-state index contributed by atoms with van der Waals surface area (Å²) in [4.78, 5) is 18.7. The molecule has 0 saturated carbocycles. The highest BCUT2D eigenvalue weighted by atomic mass is 32.1. The molecule has 0 unspecified atom stereocenters. The Morgan fingerprint density at radius 3 is 2.62 bits per heavy atom. The monoisotopic (exact) mass is 465 g/mol. The summed E-state index contributed by atoms with van der Waals surface area (Å²) >= 11 is 1.44. The van der Waals surface area contributed by atoms with Crippen molar-refractivity contribution in [2.24, 2.45) is 0 Å². The lowest BCUT2D eigenvalue weighted by Gasteiger charge is -2.11. The van der Waals surface area contributed by atoms with Crippen LogP contribution in [0.3, 0.4) is 0 Å². The van der Waals surface area contributed by atoms with Gasteiger partial charge in [-0.1, -0.05) is 53.8 Å². The first kappa shape index (κ1) is 20.7. The largest absolute Gasteiger partial charge is 0.492 e. The van der Waals surface area contributed by atoms with Gasteiger partial charge in [0.25, 0.3) is 5.56 Å². The first-order valence-electron chi connectivity index (χ1n) is 11.3. The zero-order chi connectivity index (χ0) is 23.2. The van der Waals surface area contributed by atoms with E-state index in [4.69, 9.17) is 4.74 Å². The van der Waals surface area contributed by atoms with Crippen molar-refractivity contribution in [1.29, 1.82) is 0 Å². The summed E-state index contributed by atoms with van der Waals surface area (Å²) in [5, 5.41) is 1.13. The van der Waals surface area contributed by atoms with Crippen LogP contribution in [-0.2, 0) is 6.54 Å². The number of hydrogen-bond acceptors (Lipinski definition) is 4. The Bertz CT molecular complexity index is 1790. The molecule has 0 aliphatic heterocycles. The molecule has 34 heavy (non-hydrogen) atoms. The van der Waals surface area contributed by atoms with Gasteiger partial charge in [-0.25, -0.2) is 9.38 Å². The molecule has 6 heteroatoms. The number of imidazole rings is 1. The lowest BCUT2D eigenvalue weighted by Crippen LogP contribution is -2.22. The van der Waals surface area contributed by atoms with Crippen LogP contribution in [0.4, 0.5) is 0 Å². The highest BCUT2D eigenvalue weighted by molar-refractivity contribution is 7.15. The van der Waals surface area contributed by atoms with Crippen LogP contribution < -0.4 is 14.8 Å². The van der Waals surface area contributed by atoms with E-state index in [2.05, 4.69) is 41.6 Å². The normalized spacial score (nSPS) is 12.4. The summed E-state index contributed by atoms with van der Waals surface area (Å²) in [6.45, 7) is 5.45. The summed E-state index contributed by atoms with van der Waals surface area (Å²) < 4.78 is 10.7. The van der Waals surface area contributed by atoms with Gasteiger partial charge in [-0.05, 0) is 55.8 Å². The fourth-order valence-electron chi connectivity index (χ4n) is 4.63. The van der Waals surface area contributed by atoms with E-state index in [-0.39, 0.29) is 5.56 Å². The molecule has 0 atom stereocenters. The molecule has 0 spiro atoms. The zero-order valence-corrected chi connectivity index (χ0v) is 19.8. The number of hydrogen-bond donors (Lipinski definition) is 0. The molecule has 0 radical (unpaired) electrons. The Labute approximate surface area is 200 Å². The van der Waals surface area contributed by atoms with E-state index < -0.39 is 0 Å². The maximum absolute atomic E-state index is 13.3. The lowest BCUT2D eigenvalue weighted by molar-refractivity contribution is 0.299. The molecule has 6 rings (SSSR count). The van der Waals surface area contributed by atoms with E-state index in [0.29, 0.717) is 11.1 Å². The minimum Gasteiger partial charge on any atom is -0.492 e. The van der Waals surface area contributed by atoms with E-state index in [1.807, 2.05) is 60.7 Å². The Balaban J connectivity index is 1.42. The van der Waals surface area contributed by atoms with Crippen LogP contribution in [0, 0.1) is 13.8 Å². The van der Waals surface area contributed by atoms with Gasteiger partial charge in [-0.2, -0.15) is 0 Å². The third-order valence-electron chi connectivity index (χ3n) is 6.27. The molecule has 3 aromatic carbocycles. The van der Waals surface area contributed by atoms with Crippen LogP contribution in [-0.4, -0.2) is 20.6 Å². The number of nitrogens with zero attached hydrogens (tertiary/aromatic N) is 3. The van der Waals surface area contributed by atoms with Crippen molar-refractivity contribution >= 4 is 44.3 Å². The smallest absolute Gasteiger partial charge is 0.274 e. The van der Waals surface area contributed by atoms with Gasteiger partial charge >= 0.3 is 0 Å². The number of rotatable bonds is 5. The number of thiazole rings is 1. The number of benzene rings is 3. The number of ether oxygens (including phenoxy) is 1. The Morgan fingerprint density at radius 2 is 1.76 bits per heavy atom. The van der Waals surface area contributed by atoms with E-state index in [0.717, 1.165) is 50.4 Å². The molecule has 0 bridgehead atoms. The van der Waals surface area contributed by atoms with Crippen molar-refractivity contribution < 1.29 is 4.74 Å². The van der Waals surface area contributed by atoms with Crippen molar-refractivity contribution in [3.05, 3.63) is 105 Å². The highest BCUT2D eigenvalue weighted by Gasteiger charge is 2.15. The van der Waals surface area contributed by atoms with Gasteiger partial charge in [-0.15, -0.1) is 0 Å². The molecule has 0 saturated heterocycles. The van der Waals surface area contributed by atoms with E-state index >= 15 is 0 Å².